The van der Waals surface area contributed by atoms with Crippen molar-refractivity contribution < 1.29 is 14.2 Å². The van der Waals surface area contributed by atoms with Gasteiger partial charge in [-0.25, -0.2) is 0 Å². The third kappa shape index (κ3) is 18.4. The standard InChI is InChI=1S/C58H105NO3/c1-9-10-11-12-13-14-15-16-17-18-19-20-21-22-25-28-42-60-47-52(46-59(7)8)62-44-30-27-24-23-26-29-43-61-51-38-40-57(5)50(45-51)34-35-53-55-37-36-54(49(4)33-31-32-48(2)3)58(55,6)41-39-56(53)57/h13-14,16-17,34,48-49,51-56H,9-12,15,18-33,35-47H2,1-8H3/b14-13+,17-16-/t49-,51?,52?,53+,54-,55+,56+,57+,58-/m1/s1. The van der Waals surface area contributed by atoms with Crippen molar-refractivity contribution in [1.29, 1.82) is 0 Å². The topological polar surface area (TPSA) is 30.9 Å². The van der Waals surface area contributed by atoms with Crippen molar-refractivity contribution in [3.63, 3.8) is 0 Å². The molecule has 0 N–H and O–H groups in total. The van der Waals surface area contributed by atoms with Crippen LogP contribution in [0.2, 0.25) is 0 Å². The summed E-state index contributed by atoms with van der Waals surface area (Å²) in [4.78, 5) is 2.23. The number of likely N-dealkylation sites (N-methyl/N-ethyl adjacent to an activating group) is 1. The number of rotatable bonds is 35. The first-order chi connectivity index (χ1) is 30.1. The fourth-order valence-corrected chi connectivity index (χ4v) is 13.2. The monoisotopic (exact) mass is 864 g/mol. The minimum Gasteiger partial charge on any atom is -0.379 e. The Labute approximate surface area is 387 Å². The molecule has 9 atom stereocenters. The average Bonchev–Trinajstić information content (AvgIpc) is 3.60. The number of unbranched alkanes of at least 4 members (excludes halogenated alkanes) is 14. The Balaban J connectivity index is 0.980. The Bertz CT molecular complexity index is 1240. The van der Waals surface area contributed by atoms with E-state index < -0.39 is 0 Å². The first kappa shape index (κ1) is 53.7. The summed E-state index contributed by atoms with van der Waals surface area (Å²) in [5, 5.41) is 0. The van der Waals surface area contributed by atoms with Gasteiger partial charge >= 0.3 is 0 Å². The van der Waals surface area contributed by atoms with E-state index in [1.165, 1.54) is 173 Å². The molecule has 0 aromatic rings. The molecule has 0 heterocycles. The Hall–Kier alpha value is -0.940. The molecule has 4 aliphatic rings. The molecule has 4 aliphatic carbocycles. The quantitative estimate of drug-likeness (QED) is 0.0469. The number of ether oxygens (including phenoxy) is 3. The molecule has 0 saturated heterocycles. The van der Waals surface area contributed by atoms with Gasteiger partial charge in [0.05, 0.1) is 18.8 Å². The third-order valence-corrected chi connectivity index (χ3v) is 16.9. The SMILES string of the molecule is CCCCC/C=C/C/C=C\CCCCCCCCOCC(CN(C)C)OCCCCCCCCOC1CC[C@@]2(C)C(=CC[C@H]3[C@@H]4CC[C@H]([C@H](C)CCCC(C)C)[C@@]4(C)CC[C@@H]32)C1. The summed E-state index contributed by atoms with van der Waals surface area (Å²) in [6.07, 6.45) is 51.1. The van der Waals surface area contributed by atoms with Crippen LogP contribution < -0.4 is 0 Å². The first-order valence-electron chi connectivity index (χ1n) is 27.5. The molecule has 0 amide bonds. The van der Waals surface area contributed by atoms with E-state index in [1.54, 1.807) is 5.57 Å². The zero-order valence-electron chi connectivity index (χ0n) is 42.7. The number of fused-ring (bicyclic) bond motifs is 5. The van der Waals surface area contributed by atoms with E-state index in [2.05, 4.69) is 90.9 Å². The largest absolute Gasteiger partial charge is 0.379 e. The van der Waals surface area contributed by atoms with Gasteiger partial charge in [0, 0.05) is 26.4 Å². The highest BCUT2D eigenvalue weighted by Gasteiger charge is 2.59. The lowest BCUT2D eigenvalue weighted by atomic mass is 9.47. The molecule has 3 saturated carbocycles. The molecule has 62 heavy (non-hydrogen) atoms. The number of allylic oxidation sites excluding steroid dienone is 5. The van der Waals surface area contributed by atoms with Gasteiger partial charge < -0.3 is 19.1 Å². The van der Waals surface area contributed by atoms with Crippen LogP contribution >= 0.6 is 0 Å². The average molecular weight is 864 g/mol. The summed E-state index contributed by atoms with van der Waals surface area (Å²) in [6, 6.07) is 0. The van der Waals surface area contributed by atoms with Gasteiger partial charge in [-0.05, 0) is 163 Å². The maximum atomic E-state index is 6.61. The maximum absolute atomic E-state index is 6.61. The van der Waals surface area contributed by atoms with Crippen LogP contribution in [0.4, 0.5) is 0 Å². The third-order valence-electron chi connectivity index (χ3n) is 16.9. The van der Waals surface area contributed by atoms with Crippen molar-refractivity contribution in [3.05, 3.63) is 36.0 Å². The molecule has 0 aromatic carbocycles. The minimum atomic E-state index is 0.173. The van der Waals surface area contributed by atoms with Gasteiger partial charge in [-0.1, -0.05) is 161 Å². The van der Waals surface area contributed by atoms with Gasteiger partial charge in [0.15, 0.2) is 0 Å². The molecular weight excluding hydrogens is 759 g/mol. The second-order valence-corrected chi connectivity index (χ2v) is 22.6. The fraction of sp³-hybridized carbons (Fsp3) is 0.897. The summed E-state index contributed by atoms with van der Waals surface area (Å²) in [6.45, 7) is 19.4. The molecule has 0 radical (unpaired) electrons. The van der Waals surface area contributed by atoms with E-state index in [0.717, 1.165) is 81.3 Å². The molecule has 0 aromatic heterocycles. The minimum absolute atomic E-state index is 0.173. The Morgan fingerprint density at radius 1 is 0.694 bits per heavy atom. The maximum Gasteiger partial charge on any atom is 0.0934 e. The van der Waals surface area contributed by atoms with Crippen molar-refractivity contribution in [2.45, 2.75) is 240 Å². The predicted molar refractivity (Wildman–Crippen MR) is 269 cm³/mol. The van der Waals surface area contributed by atoms with Crippen molar-refractivity contribution in [3.8, 4) is 0 Å². The van der Waals surface area contributed by atoms with E-state index >= 15 is 0 Å². The summed E-state index contributed by atoms with van der Waals surface area (Å²) in [5.74, 6) is 5.49. The Morgan fingerprint density at radius 3 is 2.05 bits per heavy atom. The molecule has 0 bridgehead atoms. The van der Waals surface area contributed by atoms with E-state index in [0.29, 0.717) is 16.9 Å². The number of hydrogen-bond donors (Lipinski definition) is 0. The molecule has 0 aliphatic heterocycles. The lowest BCUT2D eigenvalue weighted by Gasteiger charge is -2.58. The molecule has 4 heteroatoms. The normalized spacial score (nSPS) is 28.5. The second-order valence-electron chi connectivity index (χ2n) is 22.6. The fourth-order valence-electron chi connectivity index (χ4n) is 13.2. The summed E-state index contributed by atoms with van der Waals surface area (Å²) >= 11 is 0. The van der Waals surface area contributed by atoms with E-state index in [9.17, 15) is 0 Å². The number of hydrogen-bond acceptors (Lipinski definition) is 4. The highest BCUT2D eigenvalue weighted by Crippen LogP contribution is 2.67. The second kappa shape index (κ2) is 30.4. The van der Waals surface area contributed by atoms with Crippen LogP contribution in [0.3, 0.4) is 0 Å². The summed E-state index contributed by atoms with van der Waals surface area (Å²) in [5.41, 5.74) is 2.79. The van der Waals surface area contributed by atoms with Crippen LogP contribution in [-0.2, 0) is 14.2 Å². The Kier molecular flexibility index (Phi) is 26.3. The summed E-state index contributed by atoms with van der Waals surface area (Å²) < 4.78 is 19.0. The zero-order valence-corrected chi connectivity index (χ0v) is 42.7. The zero-order chi connectivity index (χ0) is 44.5. The lowest BCUT2D eigenvalue weighted by Crippen LogP contribution is -2.51. The Morgan fingerprint density at radius 2 is 1.35 bits per heavy atom. The first-order valence-corrected chi connectivity index (χ1v) is 27.5. The van der Waals surface area contributed by atoms with Crippen molar-refractivity contribution in [2.75, 3.05) is 47.1 Å². The molecule has 360 valence electrons. The van der Waals surface area contributed by atoms with E-state index in [-0.39, 0.29) is 6.10 Å². The molecule has 2 unspecified atom stereocenters. The number of nitrogens with zero attached hydrogens (tertiary/aromatic N) is 1. The van der Waals surface area contributed by atoms with Crippen LogP contribution in [-0.4, -0.2) is 64.2 Å². The highest BCUT2D eigenvalue weighted by atomic mass is 16.5. The van der Waals surface area contributed by atoms with Gasteiger partial charge in [-0.2, -0.15) is 0 Å². The van der Waals surface area contributed by atoms with E-state index in [4.69, 9.17) is 14.2 Å². The molecule has 3 fully saturated rings. The lowest BCUT2D eigenvalue weighted by molar-refractivity contribution is -0.0641. The van der Waals surface area contributed by atoms with Crippen LogP contribution in [0.5, 0.6) is 0 Å². The van der Waals surface area contributed by atoms with Crippen molar-refractivity contribution in [2.24, 2.45) is 46.3 Å². The van der Waals surface area contributed by atoms with E-state index in [1.807, 2.05) is 0 Å². The van der Waals surface area contributed by atoms with Gasteiger partial charge in [0.25, 0.3) is 0 Å². The molecule has 4 rings (SSSR count). The smallest absolute Gasteiger partial charge is 0.0934 e. The van der Waals surface area contributed by atoms with Gasteiger partial charge in [-0.3, -0.25) is 0 Å². The van der Waals surface area contributed by atoms with Crippen molar-refractivity contribution in [1.82, 2.24) is 4.90 Å². The molecular formula is C58H105NO3. The van der Waals surface area contributed by atoms with Gasteiger partial charge in [-0.15, -0.1) is 0 Å². The predicted octanol–water partition coefficient (Wildman–Crippen LogP) is 16.5. The van der Waals surface area contributed by atoms with Crippen LogP contribution in [0, 0.1) is 46.3 Å². The molecule has 4 nitrogen and oxygen atoms in total. The van der Waals surface area contributed by atoms with Gasteiger partial charge in [0.1, 0.15) is 0 Å². The van der Waals surface area contributed by atoms with Gasteiger partial charge in [0.2, 0.25) is 0 Å². The van der Waals surface area contributed by atoms with Crippen LogP contribution in [0.15, 0.2) is 36.0 Å². The highest BCUT2D eigenvalue weighted by molar-refractivity contribution is 5.25. The summed E-state index contributed by atoms with van der Waals surface area (Å²) in [7, 11) is 4.28. The van der Waals surface area contributed by atoms with Crippen LogP contribution in [0.25, 0.3) is 0 Å². The van der Waals surface area contributed by atoms with Crippen LogP contribution in [0.1, 0.15) is 228 Å². The van der Waals surface area contributed by atoms with Crippen molar-refractivity contribution >= 4 is 0 Å². The molecule has 0 spiro atoms.